The minimum atomic E-state index is -1.21. The van der Waals surface area contributed by atoms with Gasteiger partial charge in [0.25, 0.3) is 0 Å². The molecule has 0 atom stereocenters. The number of hydrogen-bond acceptors (Lipinski definition) is 3. The number of benzene rings is 1. The summed E-state index contributed by atoms with van der Waals surface area (Å²) in [5, 5.41) is 9.56. The Hall–Kier alpha value is -2.06. The van der Waals surface area contributed by atoms with Crippen LogP contribution in [0, 0.1) is 17.7 Å². The van der Waals surface area contributed by atoms with Crippen molar-refractivity contribution in [2.24, 2.45) is 0 Å². The highest BCUT2D eigenvalue weighted by Gasteiger charge is 2.22. The van der Waals surface area contributed by atoms with Crippen LogP contribution in [0.15, 0.2) is 12.1 Å². The van der Waals surface area contributed by atoms with Gasteiger partial charge >= 0.3 is 0 Å². The average Bonchev–Trinajstić information content (AvgIpc) is 2.47. The Morgan fingerprint density at radius 2 is 2.15 bits per heavy atom. The second-order valence-electron chi connectivity index (χ2n) is 5.16. The summed E-state index contributed by atoms with van der Waals surface area (Å²) in [6.45, 7) is 3.25. The summed E-state index contributed by atoms with van der Waals surface area (Å²) in [5.74, 6) is 4.82. The van der Waals surface area contributed by atoms with E-state index in [2.05, 4.69) is 11.8 Å². The molecule has 2 rings (SSSR count). The van der Waals surface area contributed by atoms with E-state index in [4.69, 9.17) is 4.74 Å². The molecule has 0 saturated heterocycles. The van der Waals surface area contributed by atoms with E-state index in [9.17, 15) is 14.3 Å². The molecule has 0 aliphatic carbocycles. The monoisotopic (exact) mass is 277 g/mol. The number of anilines is 1. The number of carbonyl (C=O) groups is 1. The number of carbonyl (C=O) groups excluding carboxylic acids is 1. The fourth-order valence-electron chi connectivity index (χ4n) is 1.79. The van der Waals surface area contributed by atoms with Crippen molar-refractivity contribution in [3.8, 4) is 17.6 Å². The lowest BCUT2D eigenvalue weighted by Crippen LogP contribution is -2.25. The van der Waals surface area contributed by atoms with Crippen LogP contribution in [0.25, 0.3) is 0 Å². The largest absolute Gasteiger partial charge is 0.491 e. The third-order valence-electron chi connectivity index (χ3n) is 2.86. The van der Waals surface area contributed by atoms with Crippen LogP contribution in [-0.4, -0.2) is 30.3 Å². The Kier molecular flexibility index (Phi) is 3.69. The second kappa shape index (κ2) is 5.14. The van der Waals surface area contributed by atoms with Gasteiger partial charge in [-0.25, -0.2) is 4.39 Å². The first kappa shape index (κ1) is 14.4. The van der Waals surface area contributed by atoms with Crippen LogP contribution < -0.4 is 9.64 Å². The van der Waals surface area contributed by atoms with Crippen LogP contribution in [0.2, 0.25) is 0 Å². The third kappa shape index (κ3) is 3.09. The minimum Gasteiger partial charge on any atom is -0.491 e. The van der Waals surface area contributed by atoms with Crippen molar-refractivity contribution in [1.82, 2.24) is 0 Å². The third-order valence-corrected chi connectivity index (χ3v) is 2.86. The highest BCUT2D eigenvalue weighted by molar-refractivity contribution is 5.95. The van der Waals surface area contributed by atoms with Gasteiger partial charge in [-0.05, 0) is 19.9 Å². The lowest BCUT2D eigenvalue weighted by Gasteiger charge is -2.16. The van der Waals surface area contributed by atoms with Crippen molar-refractivity contribution in [3.05, 3.63) is 23.5 Å². The maximum absolute atomic E-state index is 13.9. The number of aliphatic hydroxyl groups is 1. The predicted octanol–water partition coefficient (Wildman–Crippen LogP) is 1.69. The summed E-state index contributed by atoms with van der Waals surface area (Å²) in [6, 6.07) is 2.69. The SMILES string of the molecule is CN1C(=O)CCOc2cc(F)c(C#CC(C)(C)O)cc21. The van der Waals surface area contributed by atoms with Crippen LogP contribution >= 0.6 is 0 Å². The van der Waals surface area contributed by atoms with Gasteiger partial charge in [-0.1, -0.05) is 11.8 Å². The van der Waals surface area contributed by atoms with E-state index in [1.807, 2.05) is 0 Å². The first-order chi connectivity index (χ1) is 9.28. The molecule has 0 saturated carbocycles. The van der Waals surface area contributed by atoms with Crippen LogP contribution in [0.5, 0.6) is 5.75 Å². The molecule has 106 valence electrons. The molecule has 1 aliphatic heterocycles. The lowest BCUT2D eigenvalue weighted by molar-refractivity contribution is -0.118. The van der Waals surface area contributed by atoms with Crippen molar-refractivity contribution in [1.29, 1.82) is 0 Å². The molecular formula is C15H16FNO3. The van der Waals surface area contributed by atoms with Gasteiger partial charge in [-0.3, -0.25) is 4.79 Å². The molecule has 0 spiro atoms. The summed E-state index contributed by atoms with van der Waals surface area (Å²) in [5.41, 5.74) is -0.609. The van der Waals surface area contributed by atoms with Gasteiger partial charge in [0.2, 0.25) is 5.91 Å². The van der Waals surface area contributed by atoms with E-state index in [1.54, 1.807) is 7.05 Å². The zero-order valence-corrected chi connectivity index (χ0v) is 11.7. The number of rotatable bonds is 0. The molecule has 1 aromatic carbocycles. The molecule has 20 heavy (non-hydrogen) atoms. The fourth-order valence-corrected chi connectivity index (χ4v) is 1.79. The molecule has 1 N–H and O–H groups in total. The topological polar surface area (TPSA) is 49.8 Å². The Morgan fingerprint density at radius 3 is 2.80 bits per heavy atom. The van der Waals surface area contributed by atoms with E-state index in [-0.39, 0.29) is 24.5 Å². The van der Waals surface area contributed by atoms with Crippen molar-refractivity contribution in [2.75, 3.05) is 18.6 Å². The maximum atomic E-state index is 13.9. The molecular weight excluding hydrogens is 261 g/mol. The normalized spacial score (nSPS) is 14.8. The number of fused-ring (bicyclic) bond motifs is 1. The summed E-state index contributed by atoms with van der Waals surface area (Å²) < 4.78 is 19.3. The quantitative estimate of drug-likeness (QED) is 0.734. The molecule has 1 aliphatic rings. The number of ether oxygens (including phenoxy) is 1. The average molecular weight is 277 g/mol. The van der Waals surface area contributed by atoms with Crippen LogP contribution in [0.4, 0.5) is 10.1 Å². The molecule has 0 unspecified atom stereocenters. The van der Waals surface area contributed by atoms with Crippen molar-refractivity contribution in [2.45, 2.75) is 25.9 Å². The van der Waals surface area contributed by atoms with Crippen LogP contribution in [0.1, 0.15) is 25.8 Å². The molecule has 1 heterocycles. The zero-order valence-electron chi connectivity index (χ0n) is 11.7. The molecule has 5 heteroatoms. The van der Waals surface area contributed by atoms with E-state index in [1.165, 1.54) is 30.9 Å². The highest BCUT2D eigenvalue weighted by atomic mass is 19.1. The minimum absolute atomic E-state index is 0.100. The summed E-state index contributed by atoms with van der Waals surface area (Å²) in [4.78, 5) is 13.2. The fraction of sp³-hybridized carbons (Fsp3) is 0.400. The molecule has 1 amide bonds. The zero-order chi connectivity index (χ0) is 14.9. The Morgan fingerprint density at radius 1 is 1.45 bits per heavy atom. The Bertz CT molecular complexity index is 608. The van der Waals surface area contributed by atoms with E-state index < -0.39 is 11.4 Å². The molecule has 4 nitrogen and oxygen atoms in total. The molecule has 0 fully saturated rings. The van der Waals surface area contributed by atoms with Crippen molar-refractivity contribution >= 4 is 11.6 Å². The second-order valence-corrected chi connectivity index (χ2v) is 5.16. The van der Waals surface area contributed by atoms with Gasteiger partial charge in [-0.15, -0.1) is 0 Å². The first-order valence-corrected chi connectivity index (χ1v) is 6.26. The lowest BCUT2D eigenvalue weighted by atomic mass is 10.1. The van der Waals surface area contributed by atoms with Crippen molar-refractivity contribution < 1.29 is 19.0 Å². The maximum Gasteiger partial charge on any atom is 0.230 e. The standard InChI is InChI=1S/C15H16FNO3/c1-15(2,19)6-4-10-8-12-13(9-11(10)16)20-7-5-14(18)17(12)3/h8-9,19H,5,7H2,1-3H3. The van der Waals surface area contributed by atoms with E-state index in [0.717, 1.165) is 0 Å². The van der Waals surface area contributed by atoms with Crippen LogP contribution in [-0.2, 0) is 4.79 Å². The highest BCUT2D eigenvalue weighted by Crippen LogP contribution is 2.32. The summed E-state index contributed by atoms with van der Waals surface area (Å²) >= 11 is 0. The Labute approximate surface area is 117 Å². The molecule has 0 radical (unpaired) electrons. The number of amides is 1. The van der Waals surface area contributed by atoms with Gasteiger partial charge < -0.3 is 14.7 Å². The number of nitrogens with zero attached hydrogens (tertiary/aromatic N) is 1. The van der Waals surface area contributed by atoms with Gasteiger partial charge in [-0.2, -0.15) is 0 Å². The van der Waals surface area contributed by atoms with E-state index >= 15 is 0 Å². The Balaban J connectivity index is 2.49. The van der Waals surface area contributed by atoms with Crippen molar-refractivity contribution in [3.63, 3.8) is 0 Å². The van der Waals surface area contributed by atoms with Gasteiger partial charge in [0.05, 0.1) is 24.3 Å². The number of hydrogen-bond donors (Lipinski definition) is 1. The molecule has 1 aromatic rings. The molecule has 0 bridgehead atoms. The van der Waals surface area contributed by atoms with Gasteiger partial charge in [0, 0.05) is 13.1 Å². The van der Waals surface area contributed by atoms with Crippen LogP contribution in [0.3, 0.4) is 0 Å². The predicted molar refractivity (Wildman–Crippen MR) is 73.1 cm³/mol. The van der Waals surface area contributed by atoms with Gasteiger partial charge in [0.1, 0.15) is 17.2 Å². The summed E-state index contributed by atoms with van der Waals surface area (Å²) in [6.07, 6.45) is 0.248. The van der Waals surface area contributed by atoms with Gasteiger partial charge in [0.15, 0.2) is 0 Å². The number of halogens is 1. The summed E-state index contributed by atoms with van der Waals surface area (Å²) in [7, 11) is 1.61. The smallest absolute Gasteiger partial charge is 0.230 e. The molecule has 0 aromatic heterocycles. The van der Waals surface area contributed by atoms with E-state index in [0.29, 0.717) is 11.4 Å². The first-order valence-electron chi connectivity index (χ1n) is 6.26.